The van der Waals surface area contributed by atoms with Gasteiger partial charge in [-0.05, 0) is 36.6 Å². The molecule has 174 valence electrons. The minimum atomic E-state index is 0. The van der Waals surface area contributed by atoms with Crippen LogP contribution in [-0.4, -0.2) is 67.7 Å². The van der Waals surface area contributed by atoms with Crippen LogP contribution in [0.25, 0.3) is 0 Å². The van der Waals surface area contributed by atoms with E-state index < -0.39 is 0 Å². The van der Waals surface area contributed by atoms with Gasteiger partial charge in [-0.25, -0.2) is 4.99 Å². The van der Waals surface area contributed by atoms with Gasteiger partial charge in [-0.2, -0.15) is 0 Å². The summed E-state index contributed by atoms with van der Waals surface area (Å²) in [6, 6.07) is 19.1. The molecule has 2 aromatic rings. The SMILES string of the molecule is CCNC(=NCc1cccc(OCc2ccccc2)c1)N1CCC(N2CCOCC2)C1.I. The van der Waals surface area contributed by atoms with Crippen molar-refractivity contribution in [2.24, 2.45) is 4.99 Å². The summed E-state index contributed by atoms with van der Waals surface area (Å²) in [5.41, 5.74) is 2.33. The Morgan fingerprint density at radius 2 is 1.84 bits per heavy atom. The van der Waals surface area contributed by atoms with E-state index in [4.69, 9.17) is 14.5 Å². The van der Waals surface area contributed by atoms with E-state index in [1.54, 1.807) is 0 Å². The van der Waals surface area contributed by atoms with Gasteiger partial charge in [0.25, 0.3) is 0 Å². The molecule has 6 nitrogen and oxygen atoms in total. The lowest BCUT2D eigenvalue weighted by molar-refractivity contribution is 0.0195. The molecule has 1 atom stereocenters. The molecule has 2 aromatic carbocycles. The third-order valence-electron chi connectivity index (χ3n) is 5.92. The summed E-state index contributed by atoms with van der Waals surface area (Å²) in [7, 11) is 0. The summed E-state index contributed by atoms with van der Waals surface area (Å²) in [5.74, 6) is 1.89. The number of likely N-dealkylation sites (tertiary alicyclic amines) is 1. The van der Waals surface area contributed by atoms with Gasteiger partial charge in [0.2, 0.25) is 0 Å². The lowest BCUT2D eigenvalue weighted by Gasteiger charge is -2.32. The molecule has 2 saturated heterocycles. The van der Waals surface area contributed by atoms with E-state index in [1.165, 1.54) is 12.0 Å². The molecule has 0 bridgehead atoms. The van der Waals surface area contributed by atoms with E-state index in [0.29, 0.717) is 19.2 Å². The molecule has 2 aliphatic heterocycles. The fraction of sp³-hybridized carbons (Fsp3) is 0.480. The molecule has 4 rings (SSSR count). The molecule has 2 fully saturated rings. The maximum atomic E-state index is 5.98. The van der Waals surface area contributed by atoms with Crippen LogP contribution in [0.5, 0.6) is 5.75 Å². The third kappa shape index (κ3) is 7.08. The fourth-order valence-corrected chi connectivity index (χ4v) is 4.24. The number of nitrogens with one attached hydrogen (secondary N) is 1. The van der Waals surface area contributed by atoms with Gasteiger partial charge in [0.1, 0.15) is 12.4 Å². The average Bonchev–Trinajstić information content (AvgIpc) is 3.32. The summed E-state index contributed by atoms with van der Waals surface area (Å²) >= 11 is 0. The monoisotopic (exact) mass is 550 g/mol. The van der Waals surface area contributed by atoms with Gasteiger partial charge >= 0.3 is 0 Å². The van der Waals surface area contributed by atoms with E-state index in [1.807, 2.05) is 30.3 Å². The molecular formula is C25H35IN4O2. The number of aliphatic imine (C=N–C) groups is 1. The zero-order chi connectivity index (χ0) is 21.3. The standard InChI is InChI=1S/C25H34N4O2.HI/c1-2-26-25(29-12-11-23(19-29)28-13-15-30-16-14-28)27-18-22-9-6-10-24(17-22)31-20-21-7-4-3-5-8-21;/h3-10,17,23H,2,11-16,18-20H2,1H3,(H,26,27);1H. The Bertz CT molecular complexity index is 843. The first kappa shape index (κ1) is 24.8. The fourth-order valence-electron chi connectivity index (χ4n) is 4.24. The van der Waals surface area contributed by atoms with Crippen molar-refractivity contribution < 1.29 is 9.47 Å². The first-order valence-electron chi connectivity index (χ1n) is 11.4. The van der Waals surface area contributed by atoms with Gasteiger partial charge < -0.3 is 19.7 Å². The van der Waals surface area contributed by atoms with E-state index >= 15 is 0 Å². The molecule has 0 amide bonds. The Labute approximate surface area is 209 Å². The van der Waals surface area contributed by atoms with Crippen LogP contribution >= 0.6 is 24.0 Å². The maximum Gasteiger partial charge on any atom is 0.194 e. The molecule has 0 aromatic heterocycles. The molecule has 2 aliphatic rings. The quantitative estimate of drug-likeness (QED) is 0.324. The Morgan fingerprint density at radius 1 is 1.06 bits per heavy atom. The number of halogens is 1. The van der Waals surface area contributed by atoms with Crippen LogP contribution in [0.4, 0.5) is 0 Å². The molecule has 0 radical (unpaired) electrons. The first-order valence-corrected chi connectivity index (χ1v) is 11.4. The van der Waals surface area contributed by atoms with Crippen LogP contribution in [0.3, 0.4) is 0 Å². The van der Waals surface area contributed by atoms with E-state index in [2.05, 4.69) is 46.3 Å². The highest BCUT2D eigenvalue weighted by molar-refractivity contribution is 14.0. The minimum absolute atomic E-state index is 0. The highest BCUT2D eigenvalue weighted by Crippen LogP contribution is 2.19. The summed E-state index contributed by atoms with van der Waals surface area (Å²) in [5, 5.41) is 3.48. The van der Waals surface area contributed by atoms with Crippen molar-refractivity contribution in [3.05, 3.63) is 65.7 Å². The number of hydrogen-bond acceptors (Lipinski definition) is 4. The van der Waals surface area contributed by atoms with Crippen molar-refractivity contribution in [1.29, 1.82) is 0 Å². The highest BCUT2D eigenvalue weighted by Gasteiger charge is 2.30. The van der Waals surface area contributed by atoms with Crippen molar-refractivity contribution in [2.45, 2.75) is 32.5 Å². The van der Waals surface area contributed by atoms with E-state index in [9.17, 15) is 0 Å². The van der Waals surface area contributed by atoms with Crippen LogP contribution in [0.15, 0.2) is 59.6 Å². The van der Waals surface area contributed by atoms with Crippen LogP contribution in [0.1, 0.15) is 24.5 Å². The molecule has 32 heavy (non-hydrogen) atoms. The highest BCUT2D eigenvalue weighted by atomic mass is 127. The summed E-state index contributed by atoms with van der Waals surface area (Å²) in [4.78, 5) is 9.91. The molecule has 1 N–H and O–H groups in total. The number of rotatable bonds is 7. The molecule has 0 spiro atoms. The van der Waals surface area contributed by atoms with Gasteiger partial charge in [-0.15, -0.1) is 24.0 Å². The molecule has 2 heterocycles. The predicted molar refractivity (Wildman–Crippen MR) is 140 cm³/mol. The topological polar surface area (TPSA) is 49.3 Å². The summed E-state index contributed by atoms with van der Waals surface area (Å²) in [6.07, 6.45) is 1.19. The summed E-state index contributed by atoms with van der Waals surface area (Å²) in [6.45, 7) is 10.1. The van der Waals surface area contributed by atoms with Crippen LogP contribution in [0.2, 0.25) is 0 Å². The Morgan fingerprint density at radius 3 is 2.62 bits per heavy atom. The summed E-state index contributed by atoms with van der Waals surface area (Å²) < 4.78 is 11.5. The molecule has 0 saturated carbocycles. The van der Waals surface area contributed by atoms with Crippen molar-refractivity contribution >= 4 is 29.9 Å². The second kappa shape index (κ2) is 13.0. The van der Waals surface area contributed by atoms with Gasteiger partial charge in [-0.3, -0.25) is 4.90 Å². The van der Waals surface area contributed by atoms with Crippen molar-refractivity contribution in [2.75, 3.05) is 45.9 Å². The van der Waals surface area contributed by atoms with Gasteiger partial charge in [0.05, 0.1) is 19.8 Å². The van der Waals surface area contributed by atoms with Crippen molar-refractivity contribution in [3.63, 3.8) is 0 Å². The normalized spacial score (nSPS) is 19.5. The lowest BCUT2D eigenvalue weighted by Crippen LogP contribution is -2.46. The lowest BCUT2D eigenvalue weighted by atomic mass is 10.2. The second-order valence-corrected chi connectivity index (χ2v) is 8.13. The minimum Gasteiger partial charge on any atom is -0.489 e. The largest absolute Gasteiger partial charge is 0.489 e. The number of ether oxygens (including phenoxy) is 2. The predicted octanol–water partition coefficient (Wildman–Crippen LogP) is 3.76. The van der Waals surface area contributed by atoms with Gasteiger partial charge in [0.15, 0.2) is 5.96 Å². The first-order chi connectivity index (χ1) is 15.3. The Balaban J connectivity index is 0.00000289. The number of hydrogen-bond donors (Lipinski definition) is 1. The van der Waals surface area contributed by atoms with Crippen LogP contribution in [0, 0.1) is 0 Å². The number of nitrogens with zero attached hydrogens (tertiary/aromatic N) is 3. The molecular weight excluding hydrogens is 515 g/mol. The molecule has 7 heteroatoms. The Kier molecular flexibility index (Phi) is 10.1. The zero-order valence-electron chi connectivity index (χ0n) is 18.9. The smallest absolute Gasteiger partial charge is 0.194 e. The second-order valence-electron chi connectivity index (χ2n) is 8.13. The van der Waals surface area contributed by atoms with Gasteiger partial charge in [0, 0.05) is 38.8 Å². The molecule has 1 unspecified atom stereocenters. The van der Waals surface area contributed by atoms with E-state index in [0.717, 1.165) is 63.2 Å². The zero-order valence-corrected chi connectivity index (χ0v) is 21.2. The van der Waals surface area contributed by atoms with Crippen molar-refractivity contribution in [3.8, 4) is 5.75 Å². The molecule has 0 aliphatic carbocycles. The van der Waals surface area contributed by atoms with Gasteiger partial charge in [-0.1, -0.05) is 42.5 Å². The number of guanidine groups is 1. The number of morpholine rings is 1. The Hall–Kier alpha value is -1.84. The maximum absolute atomic E-state index is 5.98. The van der Waals surface area contributed by atoms with Crippen LogP contribution in [-0.2, 0) is 17.9 Å². The van der Waals surface area contributed by atoms with Crippen LogP contribution < -0.4 is 10.1 Å². The number of benzene rings is 2. The van der Waals surface area contributed by atoms with Crippen molar-refractivity contribution in [1.82, 2.24) is 15.1 Å². The average molecular weight is 550 g/mol. The third-order valence-corrected chi connectivity index (χ3v) is 5.92. The van der Waals surface area contributed by atoms with E-state index in [-0.39, 0.29) is 24.0 Å².